The molecule has 3 rings (SSSR count). The Morgan fingerprint density at radius 2 is 1.78 bits per heavy atom. The first kappa shape index (κ1) is 15.6. The van der Waals surface area contributed by atoms with Crippen LogP contribution in [-0.2, 0) is 9.59 Å². The number of piperidine rings is 1. The molecule has 0 aliphatic carbocycles. The van der Waals surface area contributed by atoms with Gasteiger partial charge in [-0.15, -0.1) is 0 Å². The Hall–Kier alpha value is -2.31. The Morgan fingerprint density at radius 1 is 1.04 bits per heavy atom. The summed E-state index contributed by atoms with van der Waals surface area (Å²) in [5.74, 6) is 0.207. The van der Waals surface area contributed by atoms with Gasteiger partial charge in [0.1, 0.15) is 0 Å². The number of hydrogen-bond donors (Lipinski definition) is 0. The minimum absolute atomic E-state index is 0.0367. The fourth-order valence-corrected chi connectivity index (χ4v) is 3.01. The molecule has 2 fully saturated rings. The van der Waals surface area contributed by atoms with Crippen LogP contribution < -0.4 is 0 Å². The van der Waals surface area contributed by atoms with Crippen LogP contribution in [0.15, 0.2) is 22.8 Å². The number of carbonyl (C=O) groups excluding carboxylic acids is 3. The van der Waals surface area contributed by atoms with Gasteiger partial charge in [-0.2, -0.15) is 0 Å². The molecule has 0 radical (unpaired) electrons. The predicted octanol–water partition coefficient (Wildman–Crippen LogP) is 0.577. The normalized spacial score (nSPS) is 19.1. The molecular formula is C16H21N3O4. The molecule has 7 heteroatoms. The van der Waals surface area contributed by atoms with Crippen LogP contribution in [0.1, 0.15) is 29.8 Å². The smallest absolute Gasteiger partial charge is 0.289 e. The zero-order valence-corrected chi connectivity index (χ0v) is 13.1. The first-order valence-electron chi connectivity index (χ1n) is 8.03. The quantitative estimate of drug-likeness (QED) is 0.817. The van der Waals surface area contributed by atoms with Crippen LogP contribution in [0.25, 0.3) is 0 Å². The third-order valence-electron chi connectivity index (χ3n) is 4.40. The van der Waals surface area contributed by atoms with E-state index in [2.05, 4.69) is 0 Å². The van der Waals surface area contributed by atoms with E-state index >= 15 is 0 Å². The van der Waals surface area contributed by atoms with E-state index < -0.39 is 0 Å². The fraction of sp³-hybridized carbons (Fsp3) is 0.562. The van der Waals surface area contributed by atoms with Crippen LogP contribution in [-0.4, -0.2) is 71.7 Å². The van der Waals surface area contributed by atoms with E-state index in [1.165, 1.54) is 6.26 Å². The molecule has 0 saturated carbocycles. The number of nitrogens with zero attached hydrogens (tertiary/aromatic N) is 3. The summed E-state index contributed by atoms with van der Waals surface area (Å²) in [5, 5.41) is 0. The van der Waals surface area contributed by atoms with Crippen molar-refractivity contribution in [3.8, 4) is 0 Å². The van der Waals surface area contributed by atoms with Gasteiger partial charge in [0.25, 0.3) is 5.91 Å². The van der Waals surface area contributed by atoms with Crippen LogP contribution in [0.2, 0.25) is 0 Å². The molecule has 2 saturated heterocycles. The summed E-state index contributed by atoms with van der Waals surface area (Å²) in [7, 11) is 0. The Balaban J connectivity index is 1.49. The first-order valence-corrected chi connectivity index (χ1v) is 8.03. The minimum atomic E-state index is -0.145. The van der Waals surface area contributed by atoms with Crippen molar-refractivity contribution in [1.29, 1.82) is 0 Å². The molecule has 0 unspecified atom stereocenters. The minimum Gasteiger partial charge on any atom is -0.459 e. The molecule has 124 valence electrons. The molecule has 2 aliphatic rings. The van der Waals surface area contributed by atoms with Crippen molar-refractivity contribution in [1.82, 2.24) is 14.7 Å². The Morgan fingerprint density at radius 3 is 2.43 bits per heavy atom. The maximum atomic E-state index is 12.3. The van der Waals surface area contributed by atoms with Gasteiger partial charge in [-0.25, -0.2) is 0 Å². The van der Waals surface area contributed by atoms with Gasteiger partial charge in [0.2, 0.25) is 11.8 Å². The van der Waals surface area contributed by atoms with Crippen molar-refractivity contribution in [2.24, 2.45) is 0 Å². The number of hydrogen-bond acceptors (Lipinski definition) is 4. The fourth-order valence-electron chi connectivity index (χ4n) is 3.01. The predicted molar refractivity (Wildman–Crippen MR) is 81.6 cm³/mol. The van der Waals surface area contributed by atoms with Crippen LogP contribution >= 0.6 is 0 Å². The third kappa shape index (κ3) is 3.55. The number of amides is 3. The largest absolute Gasteiger partial charge is 0.459 e. The molecule has 23 heavy (non-hydrogen) atoms. The molecule has 7 nitrogen and oxygen atoms in total. The second-order valence-corrected chi connectivity index (χ2v) is 5.92. The summed E-state index contributed by atoms with van der Waals surface area (Å²) in [6.07, 6.45) is 3.89. The standard InChI is InChI=1S/C16H21N3O4/c20-14-5-1-2-6-19(14)12-15(21)17-7-9-18(10-8-17)16(22)13-4-3-11-23-13/h3-4,11H,1-2,5-10,12H2. The van der Waals surface area contributed by atoms with Gasteiger partial charge in [-0.3, -0.25) is 14.4 Å². The molecule has 0 spiro atoms. The molecule has 3 heterocycles. The van der Waals surface area contributed by atoms with E-state index in [0.717, 1.165) is 12.8 Å². The molecule has 0 aromatic carbocycles. The van der Waals surface area contributed by atoms with Gasteiger partial charge in [0.05, 0.1) is 12.8 Å². The molecule has 2 aliphatic heterocycles. The SMILES string of the molecule is O=C(CN1CCCCC1=O)N1CCN(C(=O)c2ccco2)CC1. The van der Waals surface area contributed by atoms with Gasteiger partial charge in [-0.1, -0.05) is 0 Å². The van der Waals surface area contributed by atoms with Crippen molar-refractivity contribution < 1.29 is 18.8 Å². The highest BCUT2D eigenvalue weighted by atomic mass is 16.3. The summed E-state index contributed by atoms with van der Waals surface area (Å²) in [4.78, 5) is 41.3. The van der Waals surface area contributed by atoms with Crippen LogP contribution in [0.5, 0.6) is 0 Å². The summed E-state index contributed by atoms with van der Waals surface area (Å²) >= 11 is 0. The van der Waals surface area contributed by atoms with Crippen LogP contribution in [0, 0.1) is 0 Å². The van der Waals surface area contributed by atoms with E-state index in [1.54, 1.807) is 26.8 Å². The molecular weight excluding hydrogens is 298 g/mol. The first-order chi connectivity index (χ1) is 11.1. The average Bonchev–Trinajstić information content (AvgIpc) is 3.11. The lowest BCUT2D eigenvalue weighted by Gasteiger charge is -2.36. The van der Waals surface area contributed by atoms with Gasteiger partial charge < -0.3 is 19.1 Å². The summed E-state index contributed by atoms with van der Waals surface area (Å²) in [5.41, 5.74) is 0. The zero-order chi connectivity index (χ0) is 16.2. The van der Waals surface area contributed by atoms with E-state index in [-0.39, 0.29) is 24.3 Å². The second kappa shape index (κ2) is 6.85. The van der Waals surface area contributed by atoms with E-state index in [9.17, 15) is 14.4 Å². The number of furan rings is 1. The second-order valence-electron chi connectivity index (χ2n) is 5.92. The Kier molecular flexibility index (Phi) is 4.64. The van der Waals surface area contributed by atoms with Crippen molar-refractivity contribution in [2.75, 3.05) is 39.3 Å². The molecule has 3 amide bonds. The van der Waals surface area contributed by atoms with Crippen molar-refractivity contribution in [3.63, 3.8) is 0 Å². The number of carbonyl (C=O) groups is 3. The lowest BCUT2D eigenvalue weighted by Crippen LogP contribution is -2.53. The molecule has 1 aromatic heterocycles. The van der Waals surface area contributed by atoms with Gasteiger partial charge >= 0.3 is 0 Å². The molecule has 0 atom stereocenters. The van der Waals surface area contributed by atoms with E-state index in [0.29, 0.717) is 44.9 Å². The zero-order valence-electron chi connectivity index (χ0n) is 13.1. The Bertz CT molecular complexity index is 576. The van der Waals surface area contributed by atoms with E-state index in [1.807, 2.05) is 0 Å². The maximum absolute atomic E-state index is 12.3. The van der Waals surface area contributed by atoms with Crippen molar-refractivity contribution in [3.05, 3.63) is 24.2 Å². The van der Waals surface area contributed by atoms with E-state index in [4.69, 9.17) is 4.42 Å². The molecule has 0 N–H and O–H groups in total. The lowest BCUT2D eigenvalue weighted by molar-refractivity contribution is -0.142. The number of piperazine rings is 1. The summed E-state index contributed by atoms with van der Waals surface area (Å²) in [6, 6.07) is 3.32. The van der Waals surface area contributed by atoms with Crippen LogP contribution in [0.4, 0.5) is 0 Å². The highest BCUT2D eigenvalue weighted by molar-refractivity contribution is 5.91. The van der Waals surface area contributed by atoms with Crippen molar-refractivity contribution >= 4 is 17.7 Å². The summed E-state index contributed by atoms with van der Waals surface area (Å²) < 4.78 is 5.12. The van der Waals surface area contributed by atoms with Crippen molar-refractivity contribution in [2.45, 2.75) is 19.3 Å². The third-order valence-corrected chi connectivity index (χ3v) is 4.40. The Labute approximate surface area is 134 Å². The highest BCUT2D eigenvalue weighted by Gasteiger charge is 2.28. The molecule has 0 bridgehead atoms. The average molecular weight is 319 g/mol. The summed E-state index contributed by atoms with van der Waals surface area (Å²) in [6.45, 7) is 2.78. The highest BCUT2D eigenvalue weighted by Crippen LogP contribution is 2.12. The van der Waals surface area contributed by atoms with Crippen LogP contribution in [0.3, 0.4) is 0 Å². The monoisotopic (exact) mass is 319 g/mol. The number of rotatable bonds is 3. The van der Waals surface area contributed by atoms with Gasteiger partial charge in [-0.05, 0) is 25.0 Å². The maximum Gasteiger partial charge on any atom is 0.289 e. The number of likely N-dealkylation sites (tertiary alicyclic amines) is 1. The lowest BCUT2D eigenvalue weighted by atomic mass is 10.1. The van der Waals surface area contributed by atoms with Gasteiger partial charge in [0.15, 0.2) is 5.76 Å². The van der Waals surface area contributed by atoms with Gasteiger partial charge in [0, 0.05) is 39.1 Å². The topological polar surface area (TPSA) is 74.1 Å². The molecule has 1 aromatic rings.